The van der Waals surface area contributed by atoms with E-state index in [9.17, 15) is 13.2 Å². The second-order valence-corrected chi connectivity index (χ2v) is 7.16. The van der Waals surface area contributed by atoms with Crippen molar-refractivity contribution in [3.63, 3.8) is 0 Å². The van der Waals surface area contributed by atoms with Crippen molar-refractivity contribution in [2.24, 2.45) is 0 Å². The second-order valence-electron chi connectivity index (χ2n) is 3.78. The fourth-order valence-corrected chi connectivity index (χ4v) is 2.97. The van der Waals surface area contributed by atoms with Gasteiger partial charge in [-0.1, -0.05) is 24.0 Å². The molecule has 0 bridgehead atoms. The predicted octanol–water partition coefficient (Wildman–Crippen LogP) is 1.26. The molecule has 0 N–H and O–H groups in total. The van der Waals surface area contributed by atoms with Crippen molar-refractivity contribution in [1.29, 1.82) is 0 Å². The first-order valence-corrected chi connectivity index (χ1v) is 9.42. The van der Waals surface area contributed by atoms with E-state index < -0.39 is 16.1 Å². The Morgan fingerprint density at radius 2 is 1.85 bits per heavy atom. The Kier molecular flexibility index (Phi) is 10.2. The third-order valence-electron chi connectivity index (χ3n) is 2.20. The highest BCUT2D eigenvalue weighted by Crippen LogP contribution is 2.11. The molecule has 0 heterocycles. The second kappa shape index (κ2) is 10.4. The van der Waals surface area contributed by atoms with Crippen LogP contribution in [0.4, 0.5) is 0 Å². The van der Waals surface area contributed by atoms with Crippen molar-refractivity contribution in [2.45, 2.75) is 20.3 Å². The first kappa shape index (κ1) is 19.6. The number of carbonyl (C=O) groups excluding carboxylic acids is 1. The van der Waals surface area contributed by atoms with E-state index in [-0.39, 0.29) is 19.6 Å². The van der Waals surface area contributed by atoms with Gasteiger partial charge >= 0.3 is 5.97 Å². The summed E-state index contributed by atoms with van der Waals surface area (Å²) in [5.74, 6) is 0.151. The normalized spacial score (nSPS) is 11.2. The fraction of sp³-hybridized carbons (Fsp3) is 0.818. The molecule has 0 aromatic heterocycles. The molecule has 0 amide bonds. The smallest absolute Gasteiger partial charge is 0.306 e. The topological polar surface area (TPSA) is 72.9 Å². The number of esters is 1. The quantitative estimate of drug-likeness (QED) is 0.268. The van der Waals surface area contributed by atoms with Crippen LogP contribution >= 0.6 is 24.0 Å². The third-order valence-corrected chi connectivity index (χ3v) is 4.32. The zero-order chi connectivity index (χ0) is 15.6. The summed E-state index contributed by atoms with van der Waals surface area (Å²) in [5, 5.41) is 0. The molecular formula is C11H21NO5S3. The molecule has 0 aromatic carbocycles. The van der Waals surface area contributed by atoms with Gasteiger partial charge in [0.25, 0.3) is 10.1 Å². The van der Waals surface area contributed by atoms with E-state index in [1.165, 1.54) is 11.8 Å². The number of carbonyl (C=O) groups is 1. The Morgan fingerprint density at radius 1 is 1.25 bits per heavy atom. The summed E-state index contributed by atoms with van der Waals surface area (Å²) in [4.78, 5) is 13.4. The van der Waals surface area contributed by atoms with E-state index in [2.05, 4.69) is 4.18 Å². The lowest BCUT2D eigenvalue weighted by Gasteiger charge is -2.20. The maximum Gasteiger partial charge on any atom is 0.306 e. The van der Waals surface area contributed by atoms with Crippen LogP contribution in [0.3, 0.4) is 0 Å². The van der Waals surface area contributed by atoms with E-state index in [1.54, 1.807) is 0 Å². The number of hydrogen-bond acceptors (Lipinski definition) is 7. The maximum absolute atomic E-state index is 11.4. The molecule has 9 heteroatoms. The number of hydrogen-bond donors (Lipinski definition) is 0. The van der Waals surface area contributed by atoms with Gasteiger partial charge in [0, 0.05) is 18.8 Å². The van der Waals surface area contributed by atoms with Crippen molar-refractivity contribution in [1.82, 2.24) is 4.90 Å². The summed E-state index contributed by atoms with van der Waals surface area (Å²) < 4.78 is 31.4. The predicted molar refractivity (Wildman–Crippen MR) is 84.3 cm³/mol. The summed E-state index contributed by atoms with van der Waals surface area (Å²) in [6.07, 6.45) is 1.17. The van der Waals surface area contributed by atoms with Crippen LogP contribution in [0.2, 0.25) is 0 Å². The minimum Gasteiger partial charge on any atom is -0.463 e. The van der Waals surface area contributed by atoms with Gasteiger partial charge in [0.2, 0.25) is 0 Å². The zero-order valence-electron chi connectivity index (χ0n) is 12.0. The van der Waals surface area contributed by atoms with E-state index in [0.717, 1.165) is 23.7 Å². The van der Waals surface area contributed by atoms with E-state index in [1.807, 2.05) is 18.7 Å². The molecule has 6 nitrogen and oxygen atoms in total. The average molecular weight is 343 g/mol. The summed E-state index contributed by atoms with van der Waals surface area (Å²) in [6, 6.07) is 0. The van der Waals surface area contributed by atoms with Crippen molar-refractivity contribution in [3.05, 3.63) is 0 Å². The average Bonchev–Trinajstić information content (AvgIpc) is 2.35. The monoisotopic (exact) mass is 343 g/mol. The highest BCUT2D eigenvalue weighted by Gasteiger charge is 2.09. The van der Waals surface area contributed by atoms with Gasteiger partial charge < -0.3 is 9.64 Å². The number of thiocarbonyl (C=S) groups is 1. The van der Waals surface area contributed by atoms with Crippen LogP contribution in [0.15, 0.2) is 0 Å². The summed E-state index contributed by atoms with van der Waals surface area (Å²) in [5.41, 5.74) is 0. The molecule has 0 atom stereocenters. The molecule has 0 radical (unpaired) electrons. The van der Waals surface area contributed by atoms with Crippen molar-refractivity contribution < 1.29 is 22.1 Å². The number of nitrogens with zero attached hydrogens (tertiary/aromatic N) is 1. The first-order valence-electron chi connectivity index (χ1n) is 6.21. The van der Waals surface area contributed by atoms with Gasteiger partial charge in [-0.3, -0.25) is 8.98 Å². The van der Waals surface area contributed by atoms with Gasteiger partial charge in [-0.2, -0.15) is 8.42 Å². The summed E-state index contributed by atoms with van der Waals surface area (Å²) in [7, 11) is -3.48. The van der Waals surface area contributed by atoms with Crippen LogP contribution in [-0.4, -0.2) is 61.9 Å². The van der Waals surface area contributed by atoms with Crippen LogP contribution < -0.4 is 0 Å². The molecule has 0 saturated heterocycles. The maximum atomic E-state index is 11.4. The Hall–Kier alpha value is -0.380. The highest BCUT2D eigenvalue weighted by molar-refractivity contribution is 8.22. The molecule has 20 heavy (non-hydrogen) atoms. The highest BCUT2D eigenvalue weighted by atomic mass is 32.2. The lowest BCUT2D eigenvalue weighted by atomic mass is 10.5. The number of rotatable bonds is 9. The van der Waals surface area contributed by atoms with E-state index >= 15 is 0 Å². The Morgan fingerprint density at radius 3 is 2.35 bits per heavy atom. The molecule has 118 valence electrons. The molecule has 0 fully saturated rings. The molecule has 0 rings (SSSR count). The Bertz CT molecular complexity index is 406. The SMILES string of the molecule is CCN(CC)C(=S)SCCC(=O)OCCOS(C)(=O)=O. The van der Waals surface area contributed by atoms with Gasteiger partial charge in [-0.15, -0.1) is 0 Å². The van der Waals surface area contributed by atoms with E-state index in [4.69, 9.17) is 17.0 Å². The van der Waals surface area contributed by atoms with E-state index in [0.29, 0.717) is 5.75 Å². The van der Waals surface area contributed by atoms with Gasteiger partial charge in [0.15, 0.2) is 0 Å². The molecule has 0 unspecified atom stereocenters. The zero-order valence-corrected chi connectivity index (χ0v) is 14.4. The van der Waals surface area contributed by atoms with Crippen molar-refractivity contribution >= 4 is 44.4 Å². The van der Waals surface area contributed by atoms with Crippen molar-refractivity contribution in [3.8, 4) is 0 Å². The van der Waals surface area contributed by atoms with Crippen LogP contribution in [0.5, 0.6) is 0 Å². The van der Waals surface area contributed by atoms with Crippen molar-refractivity contribution in [2.75, 3.05) is 38.3 Å². The van der Waals surface area contributed by atoms with Gasteiger partial charge in [-0.25, -0.2) is 0 Å². The lowest BCUT2D eigenvalue weighted by Crippen LogP contribution is -2.27. The summed E-state index contributed by atoms with van der Waals surface area (Å²) in [6.45, 7) is 5.50. The Balaban J connectivity index is 3.71. The fourth-order valence-electron chi connectivity index (χ4n) is 1.21. The number of thioether (sulfide) groups is 1. The molecule has 0 saturated carbocycles. The molecule has 0 aliphatic rings. The van der Waals surface area contributed by atoms with Crippen LogP contribution in [0.1, 0.15) is 20.3 Å². The van der Waals surface area contributed by atoms with Crippen LogP contribution in [0, 0.1) is 0 Å². The first-order chi connectivity index (χ1) is 9.30. The molecule has 0 aliphatic heterocycles. The van der Waals surface area contributed by atoms with Gasteiger partial charge in [0.1, 0.15) is 17.5 Å². The third kappa shape index (κ3) is 10.4. The standard InChI is InChI=1S/C11H21NO5S3/c1-4-12(5-2)11(18)19-9-6-10(13)16-7-8-17-20(3,14)15/h4-9H2,1-3H3. The largest absolute Gasteiger partial charge is 0.463 e. The van der Waals surface area contributed by atoms with Gasteiger partial charge in [-0.05, 0) is 13.8 Å². The molecular weight excluding hydrogens is 322 g/mol. The molecule has 0 spiro atoms. The van der Waals surface area contributed by atoms with Crippen LogP contribution in [-0.2, 0) is 23.8 Å². The minimum absolute atomic E-state index is 0.0724. The minimum atomic E-state index is -3.48. The Labute approximate surface area is 130 Å². The lowest BCUT2D eigenvalue weighted by molar-refractivity contribution is -0.143. The summed E-state index contributed by atoms with van der Waals surface area (Å²) >= 11 is 6.66. The molecule has 0 aliphatic carbocycles. The molecule has 0 aromatic rings. The van der Waals surface area contributed by atoms with Gasteiger partial charge in [0.05, 0.1) is 12.7 Å². The number of ether oxygens (including phenoxy) is 1. The van der Waals surface area contributed by atoms with Crippen LogP contribution in [0.25, 0.3) is 0 Å².